The van der Waals surface area contributed by atoms with Crippen LogP contribution in [0.5, 0.6) is 0 Å². The van der Waals surface area contributed by atoms with Gasteiger partial charge in [0.05, 0.1) is 11.6 Å². The number of aliphatic hydroxyl groups is 1. The van der Waals surface area contributed by atoms with Gasteiger partial charge in [-0.25, -0.2) is 4.98 Å². The predicted octanol–water partition coefficient (Wildman–Crippen LogP) is 3.41. The second-order valence-electron chi connectivity index (χ2n) is 6.05. The number of rotatable bonds is 5. The van der Waals surface area contributed by atoms with Crippen LogP contribution >= 0.6 is 11.3 Å². The van der Waals surface area contributed by atoms with Gasteiger partial charge in [0.25, 0.3) is 0 Å². The van der Waals surface area contributed by atoms with Crippen molar-refractivity contribution in [3.8, 4) is 0 Å². The van der Waals surface area contributed by atoms with Crippen LogP contribution in [-0.4, -0.2) is 21.1 Å². The first kappa shape index (κ1) is 15.6. The molecule has 0 aromatic carbocycles. The first-order chi connectivity index (χ1) is 10.7. The van der Waals surface area contributed by atoms with Crippen LogP contribution in [0, 0.1) is 0 Å². The van der Waals surface area contributed by atoms with Crippen molar-refractivity contribution in [2.24, 2.45) is 0 Å². The largest absolute Gasteiger partial charge is 0.385 e. The molecule has 2 N–H and O–H groups in total. The summed E-state index contributed by atoms with van der Waals surface area (Å²) in [6.07, 6.45) is 9.97. The Bertz CT molecular complexity index is 565. The van der Waals surface area contributed by atoms with Gasteiger partial charge in [0.1, 0.15) is 5.01 Å². The molecule has 3 rings (SSSR count). The van der Waals surface area contributed by atoms with Gasteiger partial charge in [-0.2, -0.15) is 0 Å². The maximum atomic E-state index is 10.9. The Hall–Kier alpha value is -1.30. The summed E-state index contributed by atoms with van der Waals surface area (Å²) < 4.78 is 0. The van der Waals surface area contributed by atoms with Gasteiger partial charge in [-0.1, -0.05) is 13.0 Å². The van der Waals surface area contributed by atoms with Gasteiger partial charge in [0.2, 0.25) is 0 Å². The lowest BCUT2D eigenvalue weighted by Gasteiger charge is -2.37. The van der Waals surface area contributed by atoms with Crippen molar-refractivity contribution in [2.75, 3.05) is 0 Å². The molecule has 1 fully saturated rings. The van der Waals surface area contributed by atoms with E-state index in [-0.39, 0.29) is 0 Å². The zero-order valence-electron chi connectivity index (χ0n) is 12.9. The number of nitrogens with one attached hydrogen (secondary N) is 1. The fourth-order valence-electron chi connectivity index (χ4n) is 3.24. The van der Waals surface area contributed by atoms with Gasteiger partial charge in [-0.15, -0.1) is 11.3 Å². The monoisotopic (exact) mass is 317 g/mol. The number of hydrogen-bond donors (Lipinski definition) is 2. The number of pyridine rings is 1. The second-order valence-corrected chi connectivity index (χ2v) is 6.97. The fourth-order valence-corrected chi connectivity index (χ4v) is 4.03. The summed E-state index contributed by atoms with van der Waals surface area (Å²) in [6, 6.07) is 4.65. The molecule has 2 heterocycles. The van der Waals surface area contributed by atoms with E-state index < -0.39 is 5.60 Å². The van der Waals surface area contributed by atoms with Crippen LogP contribution in [0.2, 0.25) is 0 Å². The van der Waals surface area contributed by atoms with Crippen molar-refractivity contribution in [2.45, 2.75) is 56.7 Å². The van der Waals surface area contributed by atoms with Gasteiger partial charge in [-0.05, 0) is 38.2 Å². The van der Waals surface area contributed by atoms with E-state index >= 15 is 0 Å². The second kappa shape index (κ2) is 6.86. The zero-order valence-corrected chi connectivity index (χ0v) is 13.7. The Morgan fingerprint density at radius 3 is 2.82 bits per heavy atom. The maximum absolute atomic E-state index is 10.9. The minimum absolute atomic E-state index is 0.328. The van der Waals surface area contributed by atoms with Crippen molar-refractivity contribution < 1.29 is 5.11 Å². The summed E-state index contributed by atoms with van der Waals surface area (Å²) in [5, 5.41) is 17.8. The van der Waals surface area contributed by atoms with Gasteiger partial charge < -0.3 is 10.4 Å². The van der Waals surface area contributed by atoms with Crippen LogP contribution < -0.4 is 5.32 Å². The summed E-state index contributed by atoms with van der Waals surface area (Å²) in [5.74, 6) is 0. The van der Waals surface area contributed by atoms with Gasteiger partial charge in [-0.3, -0.25) is 4.98 Å². The Labute approximate surface area is 135 Å². The van der Waals surface area contributed by atoms with Gasteiger partial charge in [0.15, 0.2) is 0 Å². The van der Waals surface area contributed by atoms with Crippen LogP contribution in [0.4, 0.5) is 0 Å². The minimum Gasteiger partial charge on any atom is -0.385 e. The van der Waals surface area contributed by atoms with Crippen molar-refractivity contribution in [1.82, 2.24) is 15.3 Å². The minimum atomic E-state index is -0.713. The molecule has 118 valence electrons. The van der Waals surface area contributed by atoms with Crippen molar-refractivity contribution >= 4 is 11.3 Å². The molecule has 0 saturated heterocycles. The Kier molecular flexibility index (Phi) is 4.86. The van der Waals surface area contributed by atoms with E-state index in [1.165, 1.54) is 0 Å². The van der Waals surface area contributed by atoms with Crippen LogP contribution in [0.3, 0.4) is 0 Å². The van der Waals surface area contributed by atoms with E-state index in [1.807, 2.05) is 23.7 Å². The molecule has 0 aliphatic heterocycles. The average Bonchev–Trinajstić information content (AvgIpc) is 3.09. The number of thiazole rings is 1. The molecule has 5 heteroatoms. The molecular weight excluding hydrogens is 294 g/mol. The molecule has 2 aromatic heterocycles. The van der Waals surface area contributed by atoms with Crippen LogP contribution in [0.15, 0.2) is 36.1 Å². The average molecular weight is 317 g/mol. The highest BCUT2D eigenvalue weighted by Gasteiger charge is 2.35. The molecule has 1 atom stereocenters. The molecule has 1 unspecified atom stereocenters. The smallest absolute Gasteiger partial charge is 0.109 e. The standard InChI is InChI=1S/C17H23N3OS/c1-2-15(16-19-10-11-22-16)20-14-5-7-17(21,8-6-14)13-4-3-9-18-12-13/h3-4,9-12,14-15,20-21H,2,5-8H2,1H3. The summed E-state index contributed by atoms with van der Waals surface area (Å²) in [5.41, 5.74) is 0.232. The van der Waals surface area contributed by atoms with E-state index in [2.05, 4.69) is 22.2 Å². The van der Waals surface area contributed by atoms with Crippen LogP contribution in [-0.2, 0) is 5.60 Å². The summed E-state index contributed by atoms with van der Waals surface area (Å²) in [4.78, 5) is 8.56. The Morgan fingerprint density at radius 1 is 1.41 bits per heavy atom. The molecule has 0 spiro atoms. The quantitative estimate of drug-likeness (QED) is 0.887. The van der Waals surface area contributed by atoms with Crippen LogP contribution in [0.1, 0.15) is 55.6 Å². The Morgan fingerprint density at radius 2 is 2.23 bits per heavy atom. The first-order valence-electron chi connectivity index (χ1n) is 7.99. The molecular formula is C17H23N3OS. The molecule has 1 aliphatic rings. The molecule has 1 saturated carbocycles. The highest BCUT2D eigenvalue weighted by molar-refractivity contribution is 7.09. The SMILES string of the molecule is CCC(NC1CCC(O)(c2cccnc2)CC1)c1nccs1. The van der Waals surface area contributed by atoms with Gasteiger partial charge >= 0.3 is 0 Å². The summed E-state index contributed by atoms with van der Waals surface area (Å²) >= 11 is 1.71. The maximum Gasteiger partial charge on any atom is 0.109 e. The lowest BCUT2D eigenvalue weighted by atomic mass is 9.78. The lowest BCUT2D eigenvalue weighted by molar-refractivity contribution is -0.00973. The van der Waals surface area contributed by atoms with Crippen molar-refractivity contribution in [1.29, 1.82) is 0 Å². The molecule has 2 aromatic rings. The topological polar surface area (TPSA) is 58.0 Å². The predicted molar refractivity (Wildman–Crippen MR) is 88.7 cm³/mol. The van der Waals surface area contributed by atoms with E-state index in [0.29, 0.717) is 12.1 Å². The van der Waals surface area contributed by atoms with Crippen molar-refractivity contribution in [3.05, 3.63) is 46.7 Å². The molecule has 0 radical (unpaired) electrons. The normalized spacial score (nSPS) is 26.7. The van der Waals surface area contributed by atoms with E-state index in [0.717, 1.165) is 42.7 Å². The zero-order chi connectivity index (χ0) is 15.4. The molecule has 22 heavy (non-hydrogen) atoms. The van der Waals surface area contributed by atoms with Gasteiger partial charge in [0, 0.05) is 35.6 Å². The lowest BCUT2D eigenvalue weighted by Crippen LogP contribution is -2.41. The molecule has 0 amide bonds. The molecule has 1 aliphatic carbocycles. The molecule has 4 nitrogen and oxygen atoms in total. The fraction of sp³-hybridized carbons (Fsp3) is 0.529. The summed E-state index contributed by atoms with van der Waals surface area (Å²) in [7, 11) is 0. The van der Waals surface area contributed by atoms with E-state index in [4.69, 9.17) is 0 Å². The molecule has 0 bridgehead atoms. The third-order valence-corrected chi connectivity index (χ3v) is 5.50. The van der Waals surface area contributed by atoms with Crippen molar-refractivity contribution in [3.63, 3.8) is 0 Å². The Balaban J connectivity index is 1.60. The highest BCUT2D eigenvalue weighted by Crippen LogP contribution is 2.37. The highest BCUT2D eigenvalue weighted by atomic mass is 32.1. The third kappa shape index (κ3) is 3.37. The van der Waals surface area contributed by atoms with Crippen LogP contribution in [0.25, 0.3) is 0 Å². The third-order valence-electron chi connectivity index (χ3n) is 4.61. The number of aromatic nitrogens is 2. The number of nitrogens with zero attached hydrogens (tertiary/aromatic N) is 2. The van der Waals surface area contributed by atoms with E-state index in [9.17, 15) is 5.11 Å². The van der Waals surface area contributed by atoms with E-state index in [1.54, 1.807) is 23.7 Å². The summed E-state index contributed by atoms with van der Waals surface area (Å²) in [6.45, 7) is 2.19. The number of hydrogen-bond acceptors (Lipinski definition) is 5. The first-order valence-corrected chi connectivity index (χ1v) is 8.87.